The number of amides is 1. The molecule has 0 saturated carbocycles. The summed E-state index contributed by atoms with van der Waals surface area (Å²) in [7, 11) is 3.15. The average molecular weight is 401 g/mol. The molecule has 0 bridgehead atoms. The Hall–Kier alpha value is -3.00. The SMILES string of the molecule is COc1cc(OC)cc(C(=O)N2CCN(c3ccc(NC(N)=S)cc3)CC2)c1. The summed E-state index contributed by atoms with van der Waals surface area (Å²) in [6.07, 6.45) is 0. The number of nitrogens with two attached hydrogens (primary N) is 1. The predicted octanol–water partition coefficient (Wildman–Crippen LogP) is 2.32. The molecule has 1 aliphatic heterocycles. The van der Waals surface area contributed by atoms with Crippen LogP contribution < -0.4 is 25.4 Å². The third kappa shape index (κ3) is 4.64. The first kappa shape index (κ1) is 19.8. The molecule has 7 nitrogen and oxygen atoms in total. The number of thiocarbonyl (C=S) groups is 1. The van der Waals surface area contributed by atoms with E-state index in [1.807, 2.05) is 29.2 Å². The second-order valence-electron chi connectivity index (χ2n) is 6.42. The predicted molar refractivity (Wildman–Crippen MR) is 115 cm³/mol. The molecule has 2 aromatic rings. The summed E-state index contributed by atoms with van der Waals surface area (Å²) in [5, 5.41) is 3.16. The van der Waals surface area contributed by atoms with E-state index in [1.54, 1.807) is 32.4 Å². The fourth-order valence-electron chi connectivity index (χ4n) is 3.18. The normalized spacial score (nSPS) is 13.8. The molecule has 148 valence electrons. The fraction of sp³-hybridized carbons (Fsp3) is 0.300. The molecule has 1 heterocycles. The van der Waals surface area contributed by atoms with E-state index in [2.05, 4.69) is 10.2 Å². The highest BCUT2D eigenvalue weighted by Gasteiger charge is 2.23. The minimum Gasteiger partial charge on any atom is -0.497 e. The Kier molecular flexibility index (Phi) is 6.20. The Morgan fingerprint density at radius 3 is 2.07 bits per heavy atom. The summed E-state index contributed by atoms with van der Waals surface area (Å²) < 4.78 is 10.5. The van der Waals surface area contributed by atoms with Gasteiger partial charge in [-0.25, -0.2) is 0 Å². The van der Waals surface area contributed by atoms with Crippen LogP contribution >= 0.6 is 12.2 Å². The number of carbonyl (C=O) groups excluding carboxylic acids is 1. The maximum atomic E-state index is 12.9. The smallest absolute Gasteiger partial charge is 0.254 e. The Morgan fingerprint density at radius 1 is 1.00 bits per heavy atom. The molecule has 3 N–H and O–H groups in total. The number of nitrogens with zero attached hydrogens (tertiary/aromatic N) is 2. The van der Waals surface area contributed by atoms with E-state index in [0.29, 0.717) is 30.2 Å². The van der Waals surface area contributed by atoms with Crippen LogP contribution in [-0.4, -0.2) is 56.3 Å². The van der Waals surface area contributed by atoms with Gasteiger partial charge in [0.15, 0.2) is 5.11 Å². The number of carbonyl (C=O) groups is 1. The monoisotopic (exact) mass is 400 g/mol. The Bertz CT molecular complexity index is 827. The maximum Gasteiger partial charge on any atom is 0.254 e. The molecule has 1 amide bonds. The number of ether oxygens (including phenoxy) is 2. The van der Waals surface area contributed by atoms with Crippen molar-refractivity contribution in [1.82, 2.24) is 4.90 Å². The van der Waals surface area contributed by atoms with Crippen molar-refractivity contribution in [1.29, 1.82) is 0 Å². The van der Waals surface area contributed by atoms with Gasteiger partial charge < -0.3 is 30.3 Å². The second kappa shape index (κ2) is 8.79. The van der Waals surface area contributed by atoms with Crippen molar-refractivity contribution < 1.29 is 14.3 Å². The van der Waals surface area contributed by atoms with Crippen molar-refractivity contribution in [3.63, 3.8) is 0 Å². The van der Waals surface area contributed by atoms with Crippen LogP contribution in [0.4, 0.5) is 11.4 Å². The van der Waals surface area contributed by atoms with E-state index < -0.39 is 0 Å². The van der Waals surface area contributed by atoms with Gasteiger partial charge in [0.2, 0.25) is 0 Å². The van der Waals surface area contributed by atoms with Gasteiger partial charge in [-0.2, -0.15) is 0 Å². The van der Waals surface area contributed by atoms with Crippen LogP contribution in [0.2, 0.25) is 0 Å². The summed E-state index contributed by atoms with van der Waals surface area (Å²) in [6, 6.07) is 13.2. The Morgan fingerprint density at radius 2 is 1.57 bits per heavy atom. The number of rotatable bonds is 5. The van der Waals surface area contributed by atoms with Crippen molar-refractivity contribution >= 4 is 34.6 Å². The summed E-state index contributed by atoms with van der Waals surface area (Å²) in [5.74, 6) is 1.19. The Balaban J connectivity index is 1.63. The quantitative estimate of drug-likeness (QED) is 0.746. The van der Waals surface area contributed by atoms with Crippen molar-refractivity contribution in [3.05, 3.63) is 48.0 Å². The van der Waals surface area contributed by atoms with E-state index in [4.69, 9.17) is 27.4 Å². The minimum atomic E-state index is -0.0205. The molecule has 8 heteroatoms. The van der Waals surface area contributed by atoms with Gasteiger partial charge in [0, 0.05) is 49.2 Å². The van der Waals surface area contributed by atoms with E-state index in [9.17, 15) is 4.79 Å². The highest BCUT2D eigenvalue weighted by Crippen LogP contribution is 2.25. The Labute approximate surface area is 170 Å². The second-order valence-corrected chi connectivity index (χ2v) is 6.86. The topological polar surface area (TPSA) is 80.1 Å². The fourth-order valence-corrected chi connectivity index (χ4v) is 3.30. The zero-order chi connectivity index (χ0) is 20.1. The van der Waals surface area contributed by atoms with Crippen LogP contribution in [0.15, 0.2) is 42.5 Å². The highest BCUT2D eigenvalue weighted by molar-refractivity contribution is 7.80. The molecule has 3 rings (SSSR count). The van der Waals surface area contributed by atoms with Crippen LogP contribution in [-0.2, 0) is 0 Å². The minimum absolute atomic E-state index is 0.0205. The summed E-state index contributed by atoms with van der Waals surface area (Å²) in [4.78, 5) is 17.0. The van der Waals surface area contributed by atoms with Gasteiger partial charge in [0.25, 0.3) is 5.91 Å². The van der Waals surface area contributed by atoms with E-state index in [-0.39, 0.29) is 11.0 Å². The van der Waals surface area contributed by atoms with Gasteiger partial charge in [-0.3, -0.25) is 4.79 Å². The van der Waals surface area contributed by atoms with Gasteiger partial charge >= 0.3 is 0 Å². The maximum absolute atomic E-state index is 12.9. The van der Waals surface area contributed by atoms with Crippen LogP contribution in [0.1, 0.15) is 10.4 Å². The molecular weight excluding hydrogens is 376 g/mol. The first-order chi connectivity index (χ1) is 13.5. The summed E-state index contributed by atoms with van der Waals surface area (Å²) >= 11 is 4.85. The largest absolute Gasteiger partial charge is 0.497 e. The van der Waals surface area contributed by atoms with Crippen LogP contribution in [0, 0.1) is 0 Å². The molecule has 1 fully saturated rings. The zero-order valence-corrected chi connectivity index (χ0v) is 16.8. The molecule has 1 aliphatic rings. The number of nitrogens with one attached hydrogen (secondary N) is 1. The number of methoxy groups -OCH3 is 2. The summed E-state index contributed by atoms with van der Waals surface area (Å²) in [6.45, 7) is 2.81. The third-order valence-electron chi connectivity index (χ3n) is 4.67. The lowest BCUT2D eigenvalue weighted by Crippen LogP contribution is -2.48. The first-order valence-corrected chi connectivity index (χ1v) is 9.35. The van der Waals surface area contributed by atoms with Gasteiger partial charge in [-0.1, -0.05) is 0 Å². The molecule has 2 aromatic carbocycles. The lowest BCUT2D eigenvalue weighted by atomic mass is 10.1. The molecule has 0 atom stereocenters. The van der Waals surface area contributed by atoms with Gasteiger partial charge in [0.1, 0.15) is 11.5 Å². The first-order valence-electron chi connectivity index (χ1n) is 8.94. The lowest BCUT2D eigenvalue weighted by molar-refractivity contribution is 0.0746. The number of hydrogen-bond acceptors (Lipinski definition) is 5. The van der Waals surface area contributed by atoms with Crippen LogP contribution in [0.3, 0.4) is 0 Å². The zero-order valence-electron chi connectivity index (χ0n) is 16.0. The number of hydrogen-bond donors (Lipinski definition) is 2. The molecular formula is C20H24N4O3S. The molecule has 0 spiro atoms. The van der Waals surface area contributed by atoms with Crippen molar-refractivity contribution in [3.8, 4) is 11.5 Å². The molecule has 0 aromatic heterocycles. The van der Waals surface area contributed by atoms with Crippen molar-refractivity contribution in [2.75, 3.05) is 50.6 Å². The van der Waals surface area contributed by atoms with Gasteiger partial charge in [-0.15, -0.1) is 0 Å². The molecule has 1 saturated heterocycles. The molecule has 28 heavy (non-hydrogen) atoms. The number of benzene rings is 2. The average Bonchev–Trinajstić information content (AvgIpc) is 2.73. The standard InChI is InChI=1S/C20H24N4O3S/c1-26-17-11-14(12-18(13-17)27-2)19(25)24-9-7-23(8-10-24)16-5-3-15(4-6-16)22-20(21)28/h3-6,11-13H,7-10H2,1-2H3,(H3,21,22,28). The lowest BCUT2D eigenvalue weighted by Gasteiger charge is -2.36. The van der Waals surface area contributed by atoms with E-state index in [1.165, 1.54) is 0 Å². The molecule has 0 aliphatic carbocycles. The van der Waals surface area contributed by atoms with Gasteiger partial charge in [-0.05, 0) is 48.6 Å². The van der Waals surface area contributed by atoms with Crippen LogP contribution in [0.25, 0.3) is 0 Å². The number of anilines is 2. The summed E-state index contributed by atoms with van der Waals surface area (Å²) in [5.41, 5.74) is 8.02. The third-order valence-corrected chi connectivity index (χ3v) is 4.77. The van der Waals surface area contributed by atoms with Crippen LogP contribution in [0.5, 0.6) is 11.5 Å². The van der Waals surface area contributed by atoms with E-state index in [0.717, 1.165) is 24.5 Å². The molecule has 0 unspecified atom stereocenters. The highest BCUT2D eigenvalue weighted by atomic mass is 32.1. The molecule has 0 radical (unpaired) electrons. The van der Waals surface area contributed by atoms with Gasteiger partial charge in [0.05, 0.1) is 14.2 Å². The van der Waals surface area contributed by atoms with E-state index >= 15 is 0 Å². The number of piperazine rings is 1. The van der Waals surface area contributed by atoms with Crippen molar-refractivity contribution in [2.24, 2.45) is 5.73 Å². The van der Waals surface area contributed by atoms with Crippen molar-refractivity contribution in [2.45, 2.75) is 0 Å².